The molecule has 0 radical (unpaired) electrons. The van der Waals surface area contributed by atoms with Crippen LogP contribution in [0, 0.1) is 13.8 Å². The molecule has 0 saturated carbocycles. The Labute approximate surface area is 124 Å². The van der Waals surface area contributed by atoms with E-state index in [2.05, 4.69) is 27.0 Å². The Morgan fingerprint density at radius 2 is 1.00 bits per heavy atom. The van der Waals surface area contributed by atoms with Gasteiger partial charge in [0.05, 0.1) is 0 Å². The maximum absolute atomic E-state index is 3.76. The molecule has 0 aliphatic carbocycles. The van der Waals surface area contributed by atoms with Crippen LogP contribution in [-0.4, -0.2) is 0 Å². The Morgan fingerprint density at radius 1 is 0.647 bits per heavy atom. The van der Waals surface area contributed by atoms with Gasteiger partial charge in [-0.1, -0.05) is 37.8 Å². The van der Waals surface area contributed by atoms with E-state index >= 15 is 0 Å². The summed E-state index contributed by atoms with van der Waals surface area (Å²) in [6.07, 6.45) is 16.2. The van der Waals surface area contributed by atoms with E-state index in [9.17, 15) is 0 Å². The monoisotopic (exact) mass is 417 g/mol. The minimum Gasteiger partial charge on any atom is -0.343 e. The second kappa shape index (κ2) is 25.1. The van der Waals surface area contributed by atoms with Crippen LogP contribution in [0.4, 0.5) is 0 Å². The van der Waals surface area contributed by atoms with E-state index in [-0.39, 0.29) is 21.1 Å². The van der Waals surface area contributed by atoms with Crippen LogP contribution in [0.3, 0.4) is 0 Å². The second-order valence-electron chi connectivity index (χ2n) is 3.98. The molecule has 0 heterocycles. The Morgan fingerprint density at radius 3 is 1.24 bits per heavy atom. The van der Waals surface area contributed by atoms with Crippen LogP contribution in [0.2, 0.25) is 0 Å². The first-order chi connectivity index (χ1) is 7.83. The van der Waals surface area contributed by atoms with Gasteiger partial charge in [0.25, 0.3) is 0 Å². The molecule has 0 atom stereocenters. The first-order valence-electron chi connectivity index (χ1n) is 6.63. The molecular formula is C16H30Pt. The van der Waals surface area contributed by atoms with Gasteiger partial charge in [-0.25, -0.2) is 0 Å². The number of hydrogen-bond donors (Lipinski definition) is 0. The minimum atomic E-state index is 0. The molecule has 0 aromatic rings. The van der Waals surface area contributed by atoms with Crippen molar-refractivity contribution < 1.29 is 21.1 Å². The van der Waals surface area contributed by atoms with E-state index in [1.807, 2.05) is 12.2 Å². The van der Waals surface area contributed by atoms with E-state index < -0.39 is 0 Å². The normalized spacial score (nSPS) is 8.59. The predicted octanol–water partition coefficient (Wildman–Crippen LogP) is 5.91. The molecule has 0 saturated heterocycles. The standard InChI is InChI=1S/2C8H15.Pt/c2*1-3-5-7-8-6-4-2;/h2*3H,1-2,4-8H2;/q2*-1;+2. The van der Waals surface area contributed by atoms with Crippen LogP contribution < -0.4 is 0 Å². The van der Waals surface area contributed by atoms with Gasteiger partial charge < -0.3 is 13.8 Å². The van der Waals surface area contributed by atoms with Gasteiger partial charge in [-0.05, 0) is 25.7 Å². The molecule has 0 nitrogen and oxygen atoms in total. The fourth-order valence-corrected chi connectivity index (χ4v) is 1.28. The SMILES string of the molecule is C=CCCCCC[CH2-].C=CCCCCC[CH2-].[Pt+2]. The van der Waals surface area contributed by atoms with E-state index in [1.54, 1.807) is 0 Å². The van der Waals surface area contributed by atoms with Crippen molar-refractivity contribution in [2.24, 2.45) is 0 Å². The van der Waals surface area contributed by atoms with Crippen LogP contribution in [0.5, 0.6) is 0 Å². The van der Waals surface area contributed by atoms with Crippen molar-refractivity contribution in [3.63, 3.8) is 0 Å². The zero-order valence-electron chi connectivity index (χ0n) is 11.4. The quantitative estimate of drug-likeness (QED) is 0.235. The fourth-order valence-electron chi connectivity index (χ4n) is 1.28. The topological polar surface area (TPSA) is 0 Å². The van der Waals surface area contributed by atoms with E-state index in [0.717, 1.165) is 12.8 Å². The average molecular weight is 417 g/mol. The molecule has 0 amide bonds. The minimum absolute atomic E-state index is 0. The smallest absolute Gasteiger partial charge is 0.343 e. The molecule has 1 heteroatoms. The molecule has 0 aliphatic heterocycles. The molecule has 0 aromatic carbocycles. The molecule has 0 spiro atoms. The summed E-state index contributed by atoms with van der Waals surface area (Å²) < 4.78 is 0. The third-order valence-corrected chi connectivity index (χ3v) is 2.32. The number of rotatable bonds is 10. The van der Waals surface area contributed by atoms with Gasteiger partial charge >= 0.3 is 21.1 Å². The Hall–Kier alpha value is 0.168. The summed E-state index contributed by atoms with van der Waals surface area (Å²) in [7, 11) is 0. The van der Waals surface area contributed by atoms with Crippen molar-refractivity contribution in [1.82, 2.24) is 0 Å². The second-order valence-corrected chi connectivity index (χ2v) is 3.98. The summed E-state index contributed by atoms with van der Waals surface area (Å²) in [5.74, 6) is 0. The van der Waals surface area contributed by atoms with Crippen molar-refractivity contribution in [3.8, 4) is 0 Å². The third kappa shape index (κ3) is 31.4. The van der Waals surface area contributed by atoms with Gasteiger partial charge in [-0.15, -0.1) is 13.2 Å². The van der Waals surface area contributed by atoms with Crippen LogP contribution in [0.1, 0.15) is 64.2 Å². The first-order valence-corrected chi connectivity index (χ1v) is 6.63. The Balaban J connectivity index is -0.000000218. The summed E-state index contributed by atoms with van der Waals surface area (Å²) in [5, 5.41) is 0. The van der Waals surface area contributed by atoms with Crippen molar-refractivity contribution in [3.05, 3.63) is 39.2 Å². The summed E-state index contributed by atoms with van der Waals surface area (Å²) in [4.78, 5) is 0. The fraction of sp³-hybridized carbons (Fsp3) is 0.625. The summed E-state index contributed by atoms with van der Waals surface area (Å²) in [5.41, 5.74) is 0. The van der Waals surface area contributed by atoms with Gasteiger partial charge in [-0.3, -0.25) is 0 Å². The number of allylic oxidation sites excluding steroid dienone is 2. The molecule has 0 aromatic heterocycles. The molecule has 0 aliphatic rings. The molecule has 0 rings (SSSR count). The van der Waals surface area contributed by atoms with Crippen molar-refractivity contribution in [1.29, 1.82) is 0 Å². The summed E-state index contributed by atoms with van der Waals surface area (Å²) in [6, 6.07) is 0. The molecule has 17 heavy (non-hydrogen) atoms. The van der Waals surface area contributed by atoms with Crippen molar-refractivity contribution in [2.75, 3.05) is 0 Å². The number of unbranched alkanes of at least 4 members (excludes halogenated alkanes) is 8. The van der Waals surface area contributed by atoms with Crippen LogP contribution in [0.15, 0.2) is 25.3 Å². The van der Waals surface area contributed by atoms with Gasteiger partial charge in [0.2, 0.25) is 0 Å². The van der Waals surface area contributed by atoms with Crippen LogP contribution >= 0.6 is 0 Å². The van der Waals surface area contributed by atoms with E-state index in [0.29, 0.717) is 0 Å². The predicted molar refractivity (Wildman–Crippen MR) is 77.3 cm³/mol. The van der Waals surface area contributed by atoms with Gasteiger partial charge in [0, 0.05) is 0 Å². The van der Waals surface area contributed by atoms with Gasteiger partial charge in [0.1, 0.15) is 0 Å². The number of hydrogen-bond acceptors (Lipinski definition) is 0. The average Bonchev–Trinajstić information content (AvgIpc) is 2.31. The van der Waals surface area contributed by atoms with Crippen LogP contribution in [-0.2, 0) is 21.1 Å². The van der Waals surface area contributed by atoms with Gasteiger partial charge in [0.15, 0.2) is 0 Å². The largest absolute Gasteiger partial charge is 2.00 e. The zero-order chi connectivity index (χ0) is 12.5. The molecule has 0 N–H and O–H groups in total. The zero-order valence-corrected chi connectivity index (χ0v) is 13.6. The van der Waals surface area contributed by atoms with Crippen molar-refractivity contribution >= 4 is 0 Å². The maximum Gasteiger partial charge on any atom is 2.00 e. The Kier molecular flexibility index (Phi) is 33.0. The molecule has 104 valence electrons. The van der Waals surface area contributed by atoms with Crippen molar-refractivity contribution in [2.45, 2.75) is 64.2 Å². The van der Waals surface area contributed by atoms with E-state index in [4.69, 9.17) is 0 Å². The molecule has 0 fully saturated rings. The van der Waals surface area contributed by atoms with Gasteiger partial charge in [-0.2, -0.15) is 12.8 Å². The third-order valence-electron chi connectivity index (χ3n) is 2.32. The van der Waals surface area contributed by atoms with E-state index in [1.165, 1.54) is 51.4 Å². The Bertz CT molecular complexity index is 113. The molecule has 0 unspecified atom stereocenters. The summed E-state index contributed by atoms with van der Waals surface area (Å²) >= 11 is 0. The summed E-state index contributed by atoms with van der Waals surface area (Å²) in [6.45, 7) is 14.8. The van der Waals surface area contributed by atoms with Crippen LogP contribution in [0.25, 0.3) is 0 Å². The first kappa shape index (κ1) is 22.4. The molecular weight excluding hydrogens is 387 g/mol. The molecule has 0 bridgehead atoms. The maximum atomic E-state index is 3.76.